The van der Waals surface area contributed by atoms with Crippen LogP contribution in [0.5, 0.6) is 0 Å². The van der Waals surface area contributed by atoms with Gasteiger partial charge in [0.05, 0.1) is 6.20 Å². The molecule has 5 nitrogen and oxygen atoms in total. The van der Waals surface area contributed by atoms with Crippen LogP contribution in [-0.4, -0.2) is 33.7 Å². The quantitative estimate of drug-likeness (QED) is 0.302. The van der Waals surface area contributed by atoms with Crippen LogP contribution in [0.25, 0.3) is 22.6 Å². The molecule has 1 aliphatic rings. The van der Waals surface area contributed by atoms with E-state index in [0.29, 0.717) is 24.3 Å². The summed E-state index contributed by atoms with van der Waals surface area (Å²) in [6, 6.07) is 23.0. The molecule has 2 aromatic heterocycles. The summed E-state index contributed by atoms with van der Waals surface area (Å²) >= 11 is 0. The van der Waals surface area contributed by atoms with Crippen molar-refractivity contribution < 1.29 is 9.21 Å². The smallest absolute Gasteiger partial charge is 0.263 e. The lowest BCUT2D eigenvalue weighted by atomic mass is 10.0. The number of nitrogens with zero attached hydrogens (tertiary/aromatic N) is 3. The zero-order chi connectivity index (χ0) is 23.3. The average molecular weight is 452 g/mol. The van der Waals surface area contributed by atoms with Gasteiger partial charge in [0.25, 0.3) is 5.89 Å². The van der Waals surface area contributed by atoms with Crippen molar-refractivity contribution in [3.8, 4) is 22.6 Å². The van der Waals surface area contributed by atoms with Crippen LogP contribution in [0.1, 0.15) is 46.8 Å². The lowest BCUT2D eigenvalue weighted by Gasteiger charge is -2.14. The molecular weight excluding hydrogens is 422 g/mol. The molecule has 0 saturated carbocycles. The van der Waals surface area contributed by atoms with Crippen LogP contribution in [-0.2, 0) is 13.0 Å². The van der Waals surface area contributed by atoms with Gasteiger partial charge in [0, 0.05) is 18.7 Å². The molecule has 1 fully saturated rings. The van der Waals surface area contributed by atoms with E-state index in [1.165, 1.54) is 42.6 Å². The predicted octanol–water partition coefficient (Wildman–Crippen LogP) is 6.12. The van der Waals surface area contributed by atoms with E-state index in [-0.39, 0.29) is 11.7 Å². The maximum Gasteiger partial charge on any atom is 0.263 e. The number of Topliss-reactive ketones (excluding diaryl/α,β-unsaturated/α-hetero) is 1. The molecule has 0 unspecified atom stereocenters. The van der Waals surface area contributed by atoms with Crippen LogP contribution in [0, 0.1) is 6.92 Å². The highest BCUT2D eigenvalue weighted by Gasteiger charge is 2.15. The zero-order valence-electron chi connectivity index (χ0n) is 19.5. The molecule has 0 N–H and O–H groups in total. The van der Waals surface area contributed by atoms with Gasteiger partial charge in [0.2, 0.25) is 5.78 Å². The van der Waals surface area contributed by atoms with Gasteiger partial charge < -0.3 is 4.42 Å². The molecule has 172 valence electrons. The monoisotopic (exact) mass is 451 g/mol. The predicted molar refractivity (Wildman–Crippen MR) is 134 cm³/mol. The second-order valence-corrected chi connectivity index (χ2v) is 8.99. The number of pyridine rings is 1. The summed E-state index contributed by atoms with van der Waals surface area (Å²) in [5.74, 6) is 0.559. The first-order valence-corrected chi connectivity index (χ1v) is 12.0. The van der Waals surface area contributed by atoms with E-state index in [2.05, 4.69) is 63.4 Å². The Bertz CT molecular complexity index is 1250. The van der Waals surface area contributed by atoms with Gasteiger partial charge in [-0.25, -0.2) is 9.97 Å². The summed E-state index contributed by atoms with van der Waals surface area (Å²) in [7, 11) is 0. The highest BCUT2D eigenvalue weighted by Crippen LogP contribution is 2.23. The Balaban J connectivity index is 1.16. The fourth-order valence-corrected chi connectivity index (χ4v) is 4.43. The van der Waals surface area contributed by atoms with Crippen molar-refractivity contribution in [2.24, 2.45) is 0 Å². The minimum Gasteiger partial charge on any atom is -0.432 e. The topological polar surface area (TPSA) is 59.2 Å². The fraction of sp³-hybridized carbons (Fsp3) is 0.276. The van der Waals surface area contributed by atoms with Gasteiger partial charge in [-0.05, 0) is 73.7 Å². The third kappa shape index (κ3) is 5.32. The molecule has 5 heteroatoms. The second kappa shape index (κ2) is 10.1. The number of rotatable bonds is 8. The Kier molecular flexibility index (Phi) is 6.63. The highest BCUT2D eigenvalue weighted by molar-refractivity contribution is 5.92. The minimum absolute atomic E-state index is 0.100. The molecule has 2 aromatic carbocycles. The Morgan fingerprint density at radius 3 is 2.26 bits per heavy atom. The number of benzene rings is 2. The van der Waals surface area contributed by atoms with Gasteiger partial charge in [-0.2, -0.15) is 0 Å². The summed E-state index contributed by atoms with van der Waals surface area (Å²) in [4.78, 5) is 23.7. The number of hydrogen-bond donors (Lipinski definition) is 0. The number of carbonyl (C=O) groups excluding carboxylic acids is 1. The standard InChI is InChI=1S/C29H29N3O2/c1-21-5-4-6-26(31-21)28-19-30-29(34-28)27(33)16-11-22-7-12-24(13-8-22)25-14-9-23(10-15-25)20-32-17-2-3-18-32/h4-10,12-15,19H,2-3,11,16-18,20H2,1H3. The first kappa shape index (κ1) is 22.2. The van der Waals surface area contributed by atoms with E-state index >= 15 is 0 Å². The summed E-state index contributed by atoms with van der Waals surface area (Å²) < 4.78 is 5.68. The van der Waals surface area contributed by atoms with Crippen LogP contribution < -0.4 is 0 Å². The summed E-state index contributed by atoms with van der Waals surface area (Å²) in [6.07, 6.45) is 5.21. The molecule has 1 saturated heterocycles. The largest absolute Gasteiger partial charge is 0.432 e. The molecule has 0 amide bonds. The molecule has 34 heavy (non-hydrogen) atoms. The van der Waals surface area contributed by atoms with Gasteiger partial charge >= 0.3 is 0 Å². The van der Waals surface area contributed by atoms with Crippen LogP contribution in [0.4, 0.5) is 0 Å². The maximum atomic E-state index is 12.6. The van der Waals surface area contributed by atoms with Gasteiger partial charge in [0.1, 0.15) is 5.69 Å². The number of ketones is 1. The third-order valence-electron chi connectivity index (χ3n) is 6.37. The zero-order valence-corrected chi connectivity index (χ0v) is 19.5. The molecule has 5 rings (SSSR count). The van der Waals surface area contributed by atoms with Gasteiger partial charge in [-0.1, -0.05) is 54.6 Å². The fourth-order valence-electron chi connectivity index (χ4n) is 4.43. The molecule has 4 aromatic rings. The van der Waals surface area contributed by atoms with E-state index in [9.17, 15) is 4.79 Å². The van der Waals surface area contributed by atoms with Crippen LogP contribution in [0.2, 0.25) is 0 Å². The molecule has 0 spiro atoms. The molecule has 0 bridgehead atoms. The maximum absolute atomic E-state index is 12.6. The van der Waals surface area contributed by atoms with Crippen molar-refractivity contribution in [1.29, 1.82) is 0 Å². The lowest BCUT2D eigenvalue weighted by molar-refractivity contribution is 0.0950. The van der Waals surface area contributed by atoms with E-state index in [1.807, 2.05) is 25.1 Å². The number of oxazole rings is 1. The molecule has 0 radical (unpaired) electrons. The van der Waals surface area contributed by atoms with Crippen molar-refractivity contribution in [3.05, 3.63) is 95.6 Å². The van der Waals surface area contributed by atoms with Crippen molar-refractivity contribution in [3.63, 3.8) is 0 Å². The Hall–Kier alpha value is -3.57. The van der Waals surface area contributed by atoms with E-state index in [1.54, 1.807) is 6.20 Å². The van der Waals surface area contributed by atoms with Crippen molar-refractivity contribution >= 4 is 5.78 Å². The average Bonchev–Trinajstić information content (AvgIpc) is 3.56. The summed E-state index contributed by atoms with van der Waals surface area (Å²) in [5, 5.41) is 0. The van der Waals surface area contributed by atoms with Crippen LogP contribution in [0.15, 0.2) is 77.3 Å². The second-order valence-electron chi connectivity index (χ2n) is 8.99. The third-order valence-corrected chi connectivity index (χ3v) is 6.37. The number of likely N-dealkylation sites (tertiary alicyclic amines) is 1. The van der Waals surface area contributed by atoms with Crippen molar-refractivity contribution in [1.82, 2.24) is 14.9 Å². The minimum atomic E-state index is -0.100. The summed E-state index contributed by atoms with van der Waals surface area (Å²) in [6.45, 7) is 5.39. The van der Waals surface area contributed by atoms with Gasteiger partial charge in [-0.3, -0.25) is 9.69 Å². The number of aromatic nitrogens is 2. The van der Waals surface area contributed by atoms with Crippen LogP contribution in [0.3, 0.4) is 0 Å². The van der Waals surface area contributed by atoms with Crippen molar-refractivity contribution in [2.45, 2.75) is 39.2 Å². The van der Waals surface area contributed by atoms with Crippen molar-refractivity contribution in [2.75, 3.05) is 13.1 Å². The molecule has 0 aliphatic carbocycles. The van der Waals surface area contributed by atoms with E-state index < -0.39 is 0 Å². The Morgan fingerprint density at radius 2 is 1.59 bits per heavy atom. The van der Waals surface area contributed by atoms with Crippen LogP contribution >= 0.6 is 0 Å². The normalized spacial score (nSPS) is 13.9. The number of aryl methyl sites for hydroxylation is 2. The number of carbonyl (C=O) groups is 1. The molecular formula is C29H29N3O2. The first-order chi connectivity index (χ1) is 16.6. The van der Waals surface area contributed by atoms with Gasteiger partial charge in [-0.15, -0.1) is 0 Å². The SMILES string of the molecule is Cc1cccc(-c2cnc(C(=O)CCc3ccc(-c4ccc(CN5CCCC5)cc4)cc3)o2)n1. The summed E-state index contributed by atoms with van der Waals surface area (Å²) in [5.41, 5.74) is 6.47. The molecule has 3 heterocycles. The molecule has 1 aliphatic heterocycles. The number of hydrogen-bond acceptors (Lipinski definition) is 5. The van der Waals surface area contributed by atoms with E-state index in [0.717, 1.165) is 17.8 Å². The highest BCUT2D eigenvalue weighted by atomic mass is 16.4. The lowest BCUT2D eigenvalue weighted by Crippen LogP contribution is -2.18. The Morgan fingerprint density at radius 1 is 0.912 bits per heavy atom. The molecule has 0 atom stereocenters. The first-order valence-electron chi connectivity index (χ1n) is 12.0. The van der Waals surface area contributed by atoms with Gasteiger partial charge in [0.15, 0.2) is 5.76 Å². The van der Waals surface area contributed by atoms with E-state index in [4.69, 9.17) is 4.42 Å². The Labute approximate surface area is 200 Å².